The molecule has 0 bridgehead atoms. The highest BCUT2D eigenvalue weighted by molar-refractivity contribution is 7.09. The largest absolute Gasteiger partial charge is 0.383 e. The van der Waals surface area contributed by atoms with Gasteiger partial charge in [0.1, 0.15) is 0 Å². The van der Waals surface area contributed by atoms with Gasteiger partial charge in [-0.1, -0.05) is 6.92 Å². The number of piperidine rings is 1. The third-order valence-electron chi connectivity index (χ3n) is 3.91. The lowest BCUT2D eigenvalue weighted by atomic mass is 9.99. The van der Waals surface area contributed by atoms with Crippen molar-refractivity contribution in [2.45, 2.75) is 32.7 Å². The zero-order valence-electron chi connectivity index (χ0n) is 12.7. The Balaban J connectivity index is 1.65. The molecule has 1 saturated heterocycles. The number of hydrogen-bond donors (Lipinski definition) is 1. The Morgan fingerprint density at radius 3 is 3.00 bits per heavy atom. The van der Waals surface area contributed by atoms with Gasteiger partial charge in [-0.05, 0) is 31.8 Å². The molecule has 4 nitrogen and oxygen atoms in total. The monoisotopic (exact) mass is 297 g/mol. The first kappa shape index (κ1) is 15.9. The van der Waals surface area contributed by atoms with E-state index in [1.807, 2.05) is 0 Å². The van der Waals surface area contributed by atoms with E-state index in [4.69, 9.17) is 9.72 Å². The van der Waals surface area contributed by atoms with Crippen molar-refractivity contribution in [3.05, 3.63) is 16.1 Å². The topological polar surface area (TPSA) is 37.4 Å². The minimum absolute atomic E-state index is 0.754. The predicted molar refractivity (Wildman–Crippen MR) is 84.2 cm³/mol. The number of rotatable bonds is 8. The molecule has 5 heteroatoms. The maximum absolute atomic E-state index is 5.01. The summed E-state index contributed by atoms with van der Waals surface area (Å²) >= 11 is 1.79. The number of nitrogens with one attached hydrogen (secondary N) is 1. The Morgan fingerprint density at radius 1 is 1.45 bits per heavy atom. The predicted octanol–water partition coefficient (Wildman–Crippen LogP) is 2.15. The van der Waals surface area contributed by atoms with Crippen LogP contribution in [0.5, 0.6) is 0 Å². The minimum atomic E-state index is 0.754. The van der Waals surface area contributed by atoms with Crippen LogP contribution < -0.4 is 5.32 Å². The van der Waals surface area contributed by atoms with Crippen molar-refractivity contribution < 1.29 is 4.74 Å². The lowest BCUT2D eigenvalue weighted by Gasteiger charge is -2.29. The van der Waals surface area contributed by atoms with Crippen LogP contribution in [0.25, 0.3) is 0 Å². The molecule has 1 N–H and O–H groups in total. The van der Waals surface area contributed by atoms with Crippen LogP contribution in [0, 0.1) is 5.92 Å². The summed E-state index contributed by atoms with van der Waals surface area (Å²) in [5.41, 5.74) is 1.16. The van der Waals surface area contributed by atoms with Crippen molar-refractivity contribution in [1.29, 1.82) is 0 Å². The van der Waals surface area contributed by atoms with Gasteiger partial charge in [-0.15, -0.1) is 11.3 Å². The smallest absolute Gasteiger partial charge is 0.0941 e. The molecule has 0 radical (unpaired) electrons. The second-order valence-electron chi connectivity index (χ2n) is 5.68. The average molecular weight is 297 g/mol. The van der Waals surface area contributed by atoms with E-state index >= 15 is 0 Å². The van der Waals surface area contributed by atoms with Crippen LogP contribution in [0.4, 0.5) is 0 Å². The van der Waals surface area contributed by atoms with Gasteiger partial charge < -0.3 is 15.0 Å². The van der Waals surface area contributed by atoms with Gasteiger partial charge in [0, 0.05) is 38.5 Å². The number of hydrogen-bond acceptors (Lipinski definition) is 5. The van der Waals surface area contributed by atoms with E-state index in [9.17, 15) is 0 Å². The highest BCUT2D eigenvalue weighted by Gasteiger charge is 2.15. The Bertz CT molecular complexity index is 375. The summed E-state index contributed by atoms with van der Waals surface area (Å²) < 4.78 is 5.01. The highest BCUT2D eigenvalue weighted by Crippen LogP contribution is 2.17. The van der Waals surface area contributed by atoms with Crippen molar-refractivity contribution in [3.8, 4) is 0 Å². The Morgan fingerprint density at radius 2 is 2.25 bits per heavy atom. The molecule has 0 saturated carbocycles. The molecule has 1 fully saturated rings. The van der Waals surface area contributed by atoms with Crippen molar-refractivity contribution in [2.75, 3.05) is 39.9 Å². The van der Waals surface area contributed by atoms with E-state index in [1.165, 1.54) is 30.9 Å². The molecule has 0 spiro atoms. The van der Waals surface area contributed by atoms with Crippen LogP contribution >= 0.6 is 11.3 Å². The molecule has 2 rings (SSSR count). The standard InChI is InChI=1S/C15H27N3OS/c1-13-3-7-18(8-4-13)9-5-15-17-14(12-20-15)11-16-6-10-19-2/h12-13,16H,3-11H2,1-2H3. The molecule has 1 aromatic heterocycles. The lowest BCUT2D eigenvalue weighted by Crippen LogP contribution is -2.34. The molecule has 0 unspecified atom stereocenters. The first-order valence-corrected chi connectivity index (χ1v) is 8.51. The first-order valence-electron chi connectivity index (χ1n) is 7.63. The number of likely N-dealkylation sites (tertiary alicyclic amines) is 1. The number of methoxy groups -OCH3 is 1. The fraction of sp³-hybridized carbons (Fsp3) is 0.800. The van der Waals surface area contributed by atoms with E-state index in [0.29, 0.717) is 0 Å². The quantitative estimate of drug-likeness (QED) is 0.746. The summed E-state index contributed by atoms with van der Waals surface area (Å²) in [6.45, 7) is 8.54. The van der Waals surface area contributed by atoms with Crippen LogP contribution in [0.1, 0.15) is 30.5 Å². The Kier molecular flexibility index (Phi) is 6.93. The fourth-order valence-corrected chi connectivity index (χ4v) is 3.26. The second-order valence-corrected chi connectivity index (χ2v) is 6.62. The molecule has 0 aromatic carbocycles. The fourth-order valence-electron chi connectivity index (χ4n) is 2.48. The molecular formula is C15H27N3OS. The second kappa shape index (κ2) is 8.72. The summed E-state index contributed by atoms with van der Waals surface area (Å²) in [4.78, 5) is 7.28. The van der Waals surface area contributed by atoms with Gasteiger partial charge in [0.15, 0.2) is 0 Å². The van der Waals surface area contributed by atoms with Crippen molar-refractivity contribution in [1.82, 2.24) is 15.2 Å². The summed E-state index contributed by atoms with van der Waals surface area (Å²) in [5.74, 6) is 0.913. The summed E-state index contributed by atoms with van der Waals surface area (Å²) in [6.07, 6.45) is 3.80. The Hall–Kier alpha value is -0.490. The molecule has 2 heterocycles. The normalized spacial score (nSPS) is 17.7. The maximum atomic E-state index is 5.01. The van der Waals surface area contributed by atoms with Gasteiger partial charge in [0.25, 0.3) is 0 Å². The van der Waals surface area contributed by atoms with Gasteiger partial charge in [-0.3, -0.25) is 0 Å². The van der Waals surface area contributed by atoms with Crippen LogP contribution in [-0.4, -0.2) is 49.8 Å². The number of ether oxygens (including phenoxy) is 1. The molecular weight excluding hydrogens is 270 g/mol. The average Bonchev–Trinajstić information content (AvgIpc) is 2.91. The van der Waals surface area contributed by atoms with Crippen molar-refractivity contribution >= 4 is 11.3 Å². The van der Waals surface area contributed by atoms with Gasteiger partial charge in [0.05, 0.1) is 17.3 Å². The zero-order chi connectivity index (χ0) is 14.2. The highest BCUT2D eigenvalue weighted by atomic mass is 32.1. The van der Waals surface area contributed by atoms with E-state index in [-0.39, 0.29) is 0 Å². The SMILES string of the molecule is COCCNCc1csc(CCN2CCC(C)CC2)n1. The Labute approximate surface area is 126 Å². The minimum Gasteiger partial charge on any atom is -0.383 e. The molecule has 114 valence electrons. The third kappa shape index (κ3) is 5.48. The molecule has 0 aliphatic carbocycles. The molecule has 20 heavy (non-hydrogen) atoms. The molecule has 1 aliphatic rings. The first-order chi connectivity index (χ1) is 9.78. The maximum Gasteiger partial charge on any atom is 0.0941 e. The van der Waals surface area contributed by atoms with E-state index in [1.54, 1.807) is 18.4 Å². The van der Waals surface area contributed by atoms with Crippen LogP contribution in [0.2, 0.25) is 0 Å². The van der Waals surface area contributed by atoms with Gasteiger partial charge >= 0.3 is 0 Å². The van der Waals surface area contributed by atoms with Gasteiger partial charge in [-0.25, -0.2) is 4.98 Å². The van der Waals surface area contributed by atoms with E-state index in [2.05, 4.69) is 22.5 Å². The van der Waals surface area contributed by atoms with Gasteiger partial charge in [-0.2, -0.15) is 0 Å². The van der Waals surface area contributed by atoms with Gasteiger partial charge in [0.2, 0.25) is 0 Å². The number of thiazole rings is 1. The molecule has 0 amide bonds. The summed E-state index contributed by atoms with van der Waals surface area (Å²) in [6, 6.07) is 0. The number of nitrogens with zero attached hydrogens (tertiary/aromatic N) is 2. The molecule has 0 atom stereocenters. The lowest BCUT2D eigenvalue weighted by molar-refractivity contribution is 0.194. The van der Waals surface area contributed by atoms with E-state index in [0.717, 1.165) is 44.3 Å². The molecule has 1 aromatic rings. The number of aromatic nitrogens is 1. The summed E-state index contributed by atoms with van der Waals surface area (Å²) in [7, 11) is 1.73. The van der Waals surface area contributed by atoms with Crippen molar-refractivity contribution in [3.63, 3.8) is 0 Å². The zero-order valence-corrected chi connectivity index (χ0v) is 13.5. The summed E-state index contributed by atoms with van der Waals surface area (Å²) in [5, 5.41) is 6.78. The van der Waals surface area contributed by atoms with Crippen LogP contribution in [-0.2, 0) is 17.7 Å². The van der Waals surface area contributed by atoms with Crippen LogP contribution in [0.3, 0.4) is 0 Å². The third-order valence-corrected chi connectivity index (χ3v) is 4.86. The van der Waals surface area contributed by atoms with E-state index < -0.39 is 0 Å². The molecule has 1 aliphatic heterocycles. The van der Waals surface area contributed by atoms with Crippen molar-refractivity contribution in [2.24, 2.45) is 5.92 Å². The van der Waals surface area contributed by atoms with Crippen LogP contribution in [0.15, 0.2) is 5.38 Å².